The van der Waals surface area contributed by atoms with E-state index in [0.29, 0.717) is 24.3 Å². The van der Waals surface area contributed by atoms with Crippen LogP contribution in [0.2, 0.25) is 0 Å². The second-order valence-corrected chi connectivity index (χ2v) is 6.62. The van der Waals surface area contributed by atoms with Crippen molar-refractivity contribution in [3.05, 3.63) is 69.8 Å². The normalized spacial score (nSPS) is 15.4. The highest BCUT2D eigenvalue weighted by Gasteiger charge is 2.73. The van der Waals surface area contributed by atoms with Crippen LogP contribution in [0.4, 0.5) is 26.3 Å². The van der Waals surface area contributed by atoms with Crippen LogP contribution < -0.4 is 0 Å². The van der Waals surface area contributed by atoms with E-state index in [1.54, 1.807) is 0 Å². The van der Waals surface area contributed by atoms with Gasteiger partial charge in [-0.15, -0.1) is 0 Å². The standard InChI is InChI=1S/C19H6F6O6.C2H6/c20-18(21,22)17(19(23,24)25,7-1-3-9-11(5-7)15(28)30-13(9)26)8-2-4-10-12(6-8)16(29)31-14(10)27;1-2/h1-6H;1-2H3. The number of hydrogen-bond donors (Lipinski definition) is 0. The molecular formula is C21H12F6O6. The first-order chi connectivity index (χ1) is 15.3. The maximum absolute atomic E-state index is 14.2. The second kappa shape index (κ2) is 7.71. The molecule has 2 heterocycles. The molecule has 0 aromatic heterocycles. The van der Waals surface area contributed by atoms with Gasteiger partial charge >= 0.3 is 36.2 Å². The molecule has 6 nitrogen and oxygen atoms in total. The minimum absolute atomic E-state index is 0.278. The molecule has 0 saturated carbocycles. The van der Waals surface area contributed by atoms with E-state index in [2.05, 4.69) is 9.47 Å². The molecule has 0 unspecified atom stereocenters. The summed E-state index contributed by atoms with van der Waals surface area (Å²) in [4.78, 5) is 46.5. The SMILES string of the molecule is CC.O=C1OC(=O)c2cc(C(c3ccc4c(c3)C(=O)OC4=O)(C(F)(F)F)C(F)(F)F)ccc21. The molecule has 0 saturated heterocycles. The first kappa shape index (κ1) is 24.0. The highest BCUT2D eigenvalue weighted by molar-refractivity contribution is 6.15. The Hall–Kier alpha value is -3.70. The van der Waals surface area contributed by atoms with Crippen LogP contribution >= 0.6 is 0 Å². The number of hydrogen-bond acceptors (Lipinski definition) is 6. The summed E-state index contributed by atoms with van der Waals surface area (Å²) in [5, 5.41) is 0. The third-order valence-electron chi connectivity index (χ3n) is 5.01. The van der Waals surface area contributed by atoms with Crippen molar-refractivity contribution >= 4 is 23.9 Å². The Morgan fingerprint density at radius 2 is 0.848 bits per heavy atom. The van der Waals surface area contributed by atoms with Crippen LogP contribution in [0.1, 0.15) is 66.4 Å². The lowest BCUT2D eigenvalue weighted by molar-refractivity contribution is -0.288. The molecule has 2 aromatic rings. The molecule has 0 radical (unpaired) electrons. The Bertz CT molecular complexity index is 1100. The van der Waals surface area contributed by atoms with Gasteiger partial charge in [0.05, 0.1) is 22.3 Å². The van der Waals surface area contributed by atoms with Crippen LogP contribution in [-0.4, -0.2) is 36.2 Å². The van der Waals surface area contributed by atoms with Gasteiger partial charge in [-0.1, -0.05) is 26.0 Å². The van der Waals surface area contributed by atoms with E-state index in [9.17, 15) is 45.5 Å². The van der Waals surface area contributed by atoms with Crippen molar-refractivity contribution in [3.8, 4) is 0 Å². The first-order valence-electron chi connectivity index (χ1n) is 9.24. The van der Waals surface area contributed by atoms with Crippen molar-refractivity contribution in [2.24, 2.45) is 0 Å². The summed E-state index contributed by atoms with van der Waals surface area (Å²) in [6.07, 6.45) is -12.0. The van der Waals surface area contributed by atoms with E-state index in [1.807, 2.05) is 13.8 Å². The molecule has 174 valence electrons. The number of cyclic esters (lactones) is 4. The molecule has 12 heteroatoms. The Labute approximate surface area is 181 Å². The third-order valence-corrected chi connectivity index (χ3v) is 5.01. The Morgan fingerprint density at radius 3 is 1.15 bits per heavy atom. The summed E-state index contributed by atoms with van der Waals surface area (Å²) in [6, 6.07) is 2.60. The van der Waals surface area contributed by atoms with E-state index in [0.717, 1.165) is 0 Å². The average molecular weight is 474 g/mol. The van der Waals surface area contributed by atoms with Crippen molar-refractivity contribution < 1.29 is 55.0 Å². The average Bonchev–Trinajstić information content (AvgIpc) is 3.16. The van der Waals surface area contributed by atoms with Crippen molar-refractivity contribution in [2.75, 3.05) is 0 Å². The number of carbonyl (C=O) groups is 4. The molecule has 0 fully saturated rings. The molecule has 0 amide bonds. The summed E-state index contributed by atoms with van der Waals surface area (Å²) in [6.45, 7) is 4.00. The number of benzene rings is 2. The van der Waals surface area contributed by atoms with Crippen LogP contribution in [-0.2, 0) is 14.9 Å². The Balaban J connectivity index is 0.00000149. The Kier molecular flexibility index (Phi) is 5.60. The van der Waals surface area contributed by atoms with Crippen LogP contribution in [0.5, 0.6) is 0 Å². The van der Waals surface area contributed by atoms with E-state index in [1.165, 1.54) is 0 Å². The van der Waals surface area contributed by atoms with Crippen LogP contribution in [0.25, 0.3) is 0 Å². The summed E-state index contributed by atoms with van der Waals surface area (Å²) in [5.74, 6) is -5.23. The number of fused-ring (bicyclic) bond motifs is 2. The number of alkyl halides is 6. The molecule has 0 spiro atoms. The number of carbonyl (C=O) groups excluding carboxylic acids is 4. The molecule has 0 atom stereocenters. The zero-order valence-electron chi connectivity index (χ0n) is 16.7. The monoisotopic (exact) mass is 474 g/mol. The van der Waals surface area contributed by atoms with Gasteiger partial charge in [-0.3, -0.25) is 0 Å². The van der Waals surface area contributed by atoms with Gasteiger partial charge in [-0.05, 0) is 35.4 Å². The zero-order valence-corrected chi connectivity index (χ0v) is 16.7. The van der Waals surface area contributed by atoms with Crippen molar-refractivity contribution in [2.45, 2.75) is 31.6 Å². The minimum atomic E-state index is -6.02. The molecule has 0 N–H and O–H groups in total. The summed E-state index contributed by atoms with van der Waals surface area (Å²) in [7, 11) is 0. The van der Waals surface area contributed by atoms with Crippen LogP contribution in [0.3, 0.4) is 0 Å². The molecule has 0 aliphatic carbocycles. The van der Waals surface area contributed by atoms with Gasteiger partial charge in [-0.2, -0.15) is 26.3 Å². The van der Waals surface area contributed by atoms with Gasteiger partial charge in [0.15, 0.2) is 0 Å². The molecule has 4 rings (SSSR count). The van der Waals surface area contributed by atoms with Gasteiger partial charge < -0.3 is 9.47 Å². The van der Waals surface area contributed by atoms with Gasteiger partial charge in [0.25, 0.3) is 0 Å². The maximum Gasteiger partial charge on any atom is 0.411 e. The minimum Gasteiger partial charge on any atom is -0.386 e. The van der Waals surface area contributed by atoms with E-state index in [4.69, 9.17) is 0 Å². The lowest BCUT2D eigenvalue weighted by atomic mass is 9.71. The fourth-order valence-corrected chi connectivity index (χ4v) is 3.62. The zero-order chi connectivity index (χ0) is 24.9. The summed E-state index contributed by atoms with van der Waals surface area (Å²) >= 11 is 0. The largest absolute Gasteiger partial charge is 0.411 e. The van der Waals surface area contributed by atoms with Crippen LogP contribution in [0.15, 0.2) is 36.4 Å². The predicted molar refractivity (Wildman–Crippen MR) is 96.6 cm³/mol. The highest BCUT2D eigenvalue weighted by Crippen LogP contribution is 2.56. The number of rotatable bonds is 2. The quantitative estimate of drug-likeness (QED) is 0.355. The van der Waals surface area contributed by atoms with Gasteiger partial charge in [0.2, 0.25) is 5.41 Å². The van der Waals surface area contributed by atoms with Crippen molar-refractivity contribution in [1.29, 1.82) is 0 Å². The van der Waals surface area contributed by atoms with Gasteiger partial charge in [-0.25, -0.2) is 19.2 Å². The van der Waals surface area contributed by atoms with Crippen molar-refractivity contribution in [1.82, 2.24) is 0 Å². The molecule has 2 aliphatic heterocycles. The fourth-order valence-electron chi connectivity index (χ4n) is 3.62. The molecule has 2 aromatic carbocycles. The van der Waals surface area contributed by atoms with Crippen molar-refractivity contribution in [3.63, 3.8) is 0 Å². The first-order valence-corrected chi connectivity index (χ1v) is 9.24. The maximum atomic E-state index is 14.2. The third kappa shape index (κ3) is 3.36. The van der Waals surface area contributed by atoms with Gasteiger partial charge in [0.1, 0.15) is 0 Å². The van der Waals surface area contributed by atoms with Crippen LogP contribution in [0, 0.1) is 0 Å². The summed E-state index contributed by atoms with van der Waals surface area (Å²) in [5.41, 5.74) is -10.1. The fraction of sp³-hybridized carbons (Fsp3) is 0.238. The number of esters is 4. The van der Waals surface area contributed by atoms with E-state index in [-0.39, 0.29) is 12.1 Å². The lowest BCUT2D eigenvalue weighted by Gasteiger charge is -2.38. The smallest absolute Gasteiger partial charge is 0.386 e. The molecular weight excluding hydrogens is 462 g/mol. The van der Waals surface area contributed by atoms with E-state index < -0.39 is 75.0 Å². The molecule has 0 bridgehead atoms. The second-order valence-electron chi connectivity index (χ2n) is 6.62. The highest BCUT2D eigenvalue weighted by atomic mass is 19.4. The molecule has 33 heavy (non-hydrogen) atoms. The van der Waals surface area contributed by atoms with E-state index >= 15 is 0 Å². The lowest BCUT2D eigenvalue weighted by Crippen LogP contribution is -2.55. The number of halogens is 6. The topological polar surface area (TPSA) is 86.7 Å². The number of ether oxygens (including phenoxy) is 2. The summed E-state index contributed by atoms with van der Waals surface area (Å²) < 4.78 is 93.7. The predicted octanol–water partition coefficient (Wildman–Crippen LogP) is 4.74. The Morgan fingerprint density at radius 1 is 0.545 bits per heavy atom. The van der Waals surface area contributed by atoms with Gasteiger partial charge in [0, 0.05) is 0 Å². The molecule has 2 aliphatic rings.